The molecule has 0 unspecified atom stereocenters. The number of hydrogen-bond donors (Lipinski definition) is 1. The first-order chi connectivity index (χ1) is 8.74. The number of aromatic nitrogens is 3. The van der Waals surface area contributed by atoms with Gasteiger partial charge in [-0.15, -0.1) is 0 Å². The van der Waals surface area contributed by atoms with Gasteiger partial charge < -0.3 is 5.11 Å². The van der Waals surface area contributed by atoms with Crippen LogP contribution in [-0.2, 0) is 6.42 Å². The van der Waals surface area contributed by atoms with Crippen LogP contribution in [0.1, 0.15) is 11.4 Å². The van der Waals surface area contributed by atoms with Gasteiger partial charge in [-0.05, 0) is 23.8 Å². The third kappa shape index (κ3) is 1.91. The van der Waals surface area contributed by atoms with Crippen molar-refractivity contribution in [2.24, 2.45) is 0 Å². The van der Waals surface area contributed by atoms with Gasteiger partial charge in [-0.3, -0.25) is 0 Å². The Bertz CT molecular complexity index is 708. The normalized spacial score (nSPS) is 10.9. The number of nitrogens with zero attached hydrogens (tertiary/aromatic N) is 3. The van der Waals surface area contributed by atoms with Crippen molar-refractivity contribution in [3.63, 3.8) is 0 Å². The lowest BCUT2D eigenvalue weighted by molar-refractivity contribution is 0.477. The minimum Gasteiger partial charge on any atom is -0.504 e. The summed E-state index contributed by atoms with van der Waals surface area (Å²) in [5.41, 5.74) is 1.43. The highest BCUT2D eigenvalue weighted by Gasteiger charge is 2.09. The van der Waals surface area contributed by atoms with Crippen molar-refractivity contribution in [3.8, 4) is 5.75 Å². The lowest BCUT2D eigenvalue weighted by atomic mass is 10.1. The van der Waals surface area contributed by atoms with E-state index in [0.717, 1.165) is 5.56 Å². The van der Waals surface area contributed by atoms with Gasteiger partial charge in [0.1, 0.15) is 0 Å². The van der Waals surface area contributed by atoms with Crippen molar-refractivity contribution in [1.82, 2.24) is 14.6 Å². The van der Waals surface area contributed by atoms with E-state index < -0.39 is 0 Å². The summed E-state index contributed by atoms with van der Waals surface area (Å²) >= 11 is 6.09. The van der Waals surface area contributed by atoms with Crippen molar-refractivity contribution in [2.45, 2.75) is 6.42 Å². The third-order valence-corrected chi connectivity index (χ3v) is 3.06. The molecule has 2 heterocycles. The number of benzene rings is 1. The molecule has 5 heteroatoms. The molecule has 0 bridgehead atoms. The molecule has 0 aliphatic rings. The van der Waals surface area contributed by atoms with Gasteiger partial charge in [0.15, 0.2) is 17.2 Å². The Morgan fingerprint density at radius 2 is 2.00 bits per heavy atom. The molecule has 2 aromatic heterocycles. The van der Waals surface area contributed by atoms with Crippen LogP contribution in [0, 0.1) is 0 Å². The zero-order valence-corrected chi connectivity index (χ0v) is 10.2. The Balaban J connectivity index is 2.01. The van der Waals surface area contributed by atoms with E-state index in [1.54, 1.807) is 22.8 Å². The first-order valence-corrected chi connectivity index (χ1v) is 5.88. The molecule has 0 fully saturated rings. The highest BCUT2D eigenvalue weighted by Crippen LogP contribution is 2.20. The second-order valence-electron chi connectivity index (χ2n) is 3.96. The Morgan fingerprint density at radius 1 is 1.17 bits per heavy atom. The standard InChI is InChI=1S/C13H10ClN3O/c14-10-5-2-1-4-9(10)8-12-15-13-11(18)6-3-7-17(13)16-12/h1-7,18H,8H2. The van der Waals surface area contributed by atoms with Crippen molar-refractivity contribution >= 4 is 17.2 Å². The zero-order valence-electron chi connectivity index (χ0n) is 9.42. The fourth-order valence-electron chi connectivity index (χ4n) is 1.82. The smallest absolute Gasteiger partial charge is 0.197 e. The second-order valence-corrected chi connectivity index (χ2v) is 4.37. The predicted molar refractivity (Wildman–Crippen MR) is 68.9 cm³/mol. The van der Waals surface area contributed by atoms with Gasteiger partial charge >= 0.3 is 0 Å². The van der Waals surface area contributed by atoms with E-state index in [0.29, 0.717) is 22.9 Å². The summed E-state index contributed by atoms with van der Waals surface area (Å²) in [4.78, 5) is 4.29. The molecule has 4 nitrogen and oxygen atoms in total. The molecular formula is C13H10ClN3O. The number of hydrogen-bond acceptors (Lipinski definition) is 3. The van der Waals surface area contributed by atoms with Gasteiger partial charge in [-0.2, -0.15) is 5.10 Å². The predicted octanol–water partition coefficient (Wildman–Crippen LogP) is 2.68. The molecule has 1 aromatic carbocycles. The summed E-state index contributed by atoms with van der Waals surface area (Å²) in [5.74, 6) is 0.750. The summed E-state index contributed by atoms with van der Waals surface area (Å²) < 4.78 is 1.56. The average Bonchev–Trinajstić information content (AvgIpc) is 2.76. The van der Waals surface area contributed by atoms with Gasteiger partial charge in [-0.1, -0.05) is 29.8 Å². The fraction of sp³-hybridized carbons (Fsp3) is 0.0769. The number of rotatable bonds is 2. The quantitative estimate of drug-likeness (QED) is 0.770. The van der Waals surface area contributed by atoms with E-state index >= 15 is 0 Å². The van der Waals surface area contributed by atoms with Crippen LogP contribution >= 0.6 is 11.6 Å². The van der Waals surface area contributed by atoms with Crippen LogP contribution in [0.15, 0.2) is 42.6 Å². The van der Waals surface area contributed by atoms with Crippen LogP contribution in [0.2, 0.25) is 5.02 Å². The first kappa shape index (κ1) is 11.0. The summed E-state index contributed by atoms with van der Waals surface area (Å²) in [7, 11) is 0. The van der Waals surface area contributed by atoms with E-state index in [1.165, 1.54) is 0 Å². The molecule has 0 saturated heterocycles. The van der Waals surface area contributed by atoms with Gasteiger partial charge in [0, 0.05) is 17.6 Å². The summed E-state index contributed by atoms with van der Waals surface area (Å²) in [6, 6.07) is 10.9. The van der Waals surface area contributed by atoms with Crippen LogP contribution < -0.4 is 0 Å². The molecule has 1 N–H and O–H groups in total. The highest BCUT2D eigenvalue weighted by molar-refractivity contribution is 6.31. The maximum atomic E-state index is 9.66. The maximum absolute atomic E-state index is 9.66. The molecule has 90 valence electrons. The van der Waals surface area contributed by atoms with Crippen molar-refractivity contribution < 1.29 is 5.11 Å². The summed E-state index contributed by atoms with van der Waals surface area (Å²) in [5, 5.41) is 14.6. The molecule has 0 aliphatic carbocycles. The van der Waals surface area contributed by atoms with E-state index in [-0.39, 0.29) is 5.75 Å². The van der Waals surface area contributed by atoms with E-state index in [4.69, 9.17) is 11.6 Å². The minimum absolute atomic E-state index is 0.121. The molecule has 18 heavy (non-hydrogen) atoms. The molecule has 0 saturated carbocycles. The van der Waals surface area contributed by atoms with E-state index in [9.17, 15) is 5.11 Å². The van der Waals surface area contributed by atoms with Crippen LogP contribution in [0.3, 0.4) is 0 Å². The lowest BCUT2D eigenvalue weighted by Crippen LogP contribution is -1.92. The SMILES string of the molecule is Oc1cccn2nc(Cc3ccccc3Cl)nc12. The number of aromatic hydroxyl groups is 1. The van der Waals surface area contributed by atoms with Crippen LogP contribution in [-0.4, -0.2) is 19.7 Å². The van der Waals surface area contributed by atoms with Gasteiger partial charge in [-0.25, -0.2) is 9.50 Å². The van der Waals surface area contributed by atoms with Gasteiger partial charge in [0.2, 0.25) is 0 Å². The number of pyridine rings is 1. The summed E-state index contributed by atoms with van der Waals surface area (Å²) in [6.07, 6.45) is 2.29. The van der Waals surface area contributed by atoms with E-state index in [2.05, 4.69) is 10.1 Å². The highest BCUT2D eigenvalue weighted by atomic mass is 35.5. The monoisotopic (exact) mass is 259 g/mol. The maximum Gasteiger partial charge on any atom is 0.197 e. The Hall–Kier alpha value is -2.07. The summed E-state index contributed by atoms with van der Waals surface area (Å²) in [6.45, 7) is 0. The average molecular weight is 260 g/mol. The molecule has 0 amide bonds. The van der Waals surface area contributed by atoms with Crippen molar-refractivity contribution in [3.05, 3.63) is 59.0 Å². The minimum atomic E-state index is 0.121. The van der Waals surface area contributed by atoms with E-state index in [1.807, 2.05) is 24.3 Å². The Morgan fingerprint density at radius 3 is 2.78 bits per heavy atom. The van der Waals surface area contributed by atoms with Crippen LogP contribution in [0.5, 0.6) is 5.75 Å². The third-order valence-electron chi connectivity index (χ3n) is 2.69. The Labute approximate surface area is 108 Å². The molecule has 3 aromatic rings. The van der Waals surface area contributed by atoms with Gasteiger partial charge in [0.05, 0.1) is 0 Å². The molecule has 3 rings (SSSR count). The molecule has 0 radical (unpaired) electrons. The van der Waals surface area contributed by atoms with Crippen molar-refractivity contribution in [2.75, 3.05) is 0 Å². The largest absolute Gasteiger partial charge is 0.504 e. The second kappa shape index (κ2) is 4.31. The van der Waals surface area contributed by atoms with Gasteiger partial charge in [0.25, 0.3) is 0 Å². The Kier molecular flexibility index (Phi) is 2.64. The van der Waals surface area contributed by atoms with Crippen molar-refractivity contribution in [1.29, 1.82) is 0 Å². The number of fused-ring (bicyclic) bond motifs is 1. The zero-order chi connectivity index (χ0) is 12.5. The molecule has 0 spiro atoms. The molecule has 0 aliphatic heterocycles. The first-order valence-electron chi connectivity index (χ1n) is 5.51. The fourth-order valence-corrected chi connectivity index (χ4v) is 2.03. The molecule has 0 atom stereocenters. The van der Waals surface area contributed by atoms with Crippen LogP contribution in [0.4, 0.5) is 0 Å². The topological polar surface area (TPSA) is 50.4 Å². The molecular weight excluding hydrogens is 250 g/mol. The van der Waals surface area contributed by atoms with Crippen LogP contribution in [0.25, 0.3) is 5.65 Å². The number of halogens is 1. The lowest BCUT2D eigenvalue weighted by Gasteiger charge is -1.99.